The number of guanidine groups is 1. The number of aryl methyl sites for hydroxylation is 1. The average molecular weight is 370 g/mol. The predicted octanol–water partition coefficient (Wildman–Crippen LogP) is 2.58. The minimum atomic E-state index is 0.232. The Morgan fingerprint density at radius 3 is 3.00 bits per heavy atom. The number of H-pyrrole nitrogens is 1. The van der Waals surface area contributed by atoms with E-state index in [-0.39, 0.29) is 11.9 Å². The SMILES string of the molecule is CCNC(=NCCc1c[nH]c2c(C)cccc12)NC1CCN(C(=O)CC)C1. The van der Waals surface area contributed by atoms with Crippen LogP contribution in [-0.4, -0.2) is 54.0 Å². The summed E-state index contributed by atoms with van der Waals surface area (Å²) in [6.45, 7) is 9.25. The number of nitrogens with zero attached hydrogens (tertiary/aromatic N) is 2. The summed E-state index contributed by atoms with van der Waals surface area (Å²) in [6, 6.07) is 6.67. The van der Waals surface area contributed by atoms with Gasteiger partial charge in [-0.3, -0.25) is 9.79 Å². The summed E-state index contributed by atoms with van der Waals surface area (Å²) < 4.78 is 0. The van der Waals surface area contributed by atoms with Crippen molar-refractivity contribution in [1.82, 2.24) is 20.5 Å². The van der Waals surface area contributed by atoms with Gasteiger partial charge >= 0.3 is 0 Å². The zero-order chi connectivity index (χ0) is 19.2. The first kappa shape index (κ1) is 19.3. The van der Waals surface area contributed by atoms with Gasteiger partial charge in [0.05, 0.1) is 0 Å². The number of nitrogens with one attached hydrogen (secondary N) is 3. The fourth-order valence-corrected chi connectivity index (χ4v) is 3.70. The molecular weight excluding hydrogens is 338 g/mol. The fourth-order valence-electron chi connectivity index (χ4n) is 3.70. The molecule has 27 heavy (non-hydrogen) atoms. The molecule has 1 unspecified atom stereocenters. The van der Waals surface area contributed by atoms with Gasteiger partial charge in [0.1, 0.15) is 0 Å². The minimum absolute atomic E-state index is 0.232. The lowest BCUT2D eigenvalue weighted by molar-refractivity contribution is -0.129. The second-order valence-electron chi connectivity index (χ2n) is 7.15. The highest BCUT2D eigenvalue weighted by Crippen LogP contribution is 2.21. The third-order valence-corrected chi connectivity index (χ3v) is 5.19. The first-order chi connectivity index (χ1) is 13.1. The molecule has 3 rings (SSSR count). The monoisotopic (exact) mass is 369 g/mol. The summed E-state index contributed by atoms with van der Waals surface area (Å²) in [6.07, 6.45) is 4.53. The van der Waals surface area contributed by atoms with E-state index in [2.05, 4.69) is 53.9 Å². The normalized spacial score (nSPS) is 17.5. The molecule has 0 radical (unpaired) electrons. The number of aromatic amines is 1. The molecule has 1 aromatic carbocycles. The Balaban J connectivity index is 1.59. The van der Waals surface area contributed by atoms with Crippen LogP contribution in [-0.2, 0) is 11.2 Å². The van der Waals surface area contributed by atoms with Crippen molar-refractivity contribution >= 4 is 22.8 Å². The maximum absolute atomic E-state index is 11.9. The molecule has 1 saturated heterocycles. The molecule has 6 heteroatoms. The Labute approximate surface area is 161 Å². The highest BCUT2D eigenvalue weighted by atomic mass is 16.2. The van der Waals surface area contributed by atoms with Gasteiger partial charge in [-0.25, -0.2) is 0 Å². The van der Waals surface area contributed by atoms with Crippen molar-refractivity contribution in [3.8, 4) is 0 Å². The molecule has 1 aliphatic heterocycles. The number of benzene rings is 1. The lowest BCUT2D eigenvalue weighted by Crippen LogP contribution is -2.45. The summed E-state index contributed by atoms with van der Waals surface area (Å²) in [5.41, 5.74) is 3.78. The molecule has 0 aliphatic carbocycles. The van der Waals surface area contributed by atoms with Gasteiger partial charge in [-0.15, -0.1) is 0 Å². The lowest BCUT2D eigenvalue weighted by atomic mass is 10.1. The van der Waals surface area contributed by atoms with Crippen LogP contribution in [0, 0.1) is 6.92 Å². The van der Waals surface area contributed by atoms with E-state index in [9.17, 15) is 4.79 Å². The van der Waals surface area contributed by atoms with Crippen LogP contribution in [0.3, 0.4) is 0 Å². The molecule has 1 atom stereocenters. The van der Waals surface area contributed by atoms with E-state index in [4.69, 9.17) is 4.99 Å². The van der Waals surface area contributed by atoms with Gasteiger partial charge in [-0.05, 0) is 37.8 Å². The van der Waals surface area contributed by atoms with Gasteiger partial charge in [0, 0.05) is 55.7 Å². The smallest absolute Gasteiger partial charge is 0.222 e. The van der Waals surface area contributed by atoms with Crippen molar-refractivity contribution in [3.05, 3.63) is 35.5 Å². The van der Waals surface area contributed by atoms with Crippen LogP contribution in [0.15, 0.2) is 29.4 Å². The number of amides is 1. The van der Waals surface area contributed by atoms with Gasteiger partial charge in [-0.1, -0.05) is 25.1 Å². The highest BCUT2D eigenvalue weighted by molar-refractivity contribution is 5.86. The topological polar surface area (TPSA) is 72.5 Å². The Bertz CT molecular complexity index is 810. The van der Waals surface area contributed by atoms with Gasteiger partial charge in [0.2, 0.25) is 5.91 Å². The molecule has 3 N–H and O–H groups in total. The zero-order valence-electron chi connectivity index (χ0n) is 16.6. The molecule has 0 bridgehead atoms. The van der Waals surface area contributed by atoms with Gasteiger partial charge < -0.3 is 20.5 Å². The van der Waals surface area contributed by atoms with E-state index >= 15 is 0 Å². The first-order valence-electron chi connectivity index (χ1n) is 10.0. The van der Waals surface area contributed by atoms with Crippen LogP contribution >= 0.6 is 0 Å². The van der Waals surface area contributed by atoms with E-state index in [0.717, 1.165) is 45.0 Å². The summed E-state index contributed by atoms with van der Waals surface area (Å²) in [7, 11) is 0. The van der Waals surface area contributed by atoms with Crippen molar-refractivity contribution < 1.29 is 4.79 Å². The zero-order valence-corrected chi connectivity index (χ0v) is 16.6. The second-order valence-corrected chi connectivity index (χ2v) is 7.15. The number of carbonyl (C=O) groups is 1. The van der Waals surface area contributed by atoms with Crippen molar-refractivity contribution in [2.75, 3.05) is 26.2 Å². The Morgan fingerprint density at radius 1 is 1.37 bits per heavy atom. The van der Waals surface area contributed by atoms with E-state index in [1.165, 1.54) is 22.0 Å². The Hall–Kier alpha value is -2.50. The molecule has 2 heterocycles. The number of hydrogen-bond acceptors (Lipinski definition) is 2. The molecular formula is C21H31N5O. The summed E-state index contributed by atoms with van der Waals surface area (Å²) in [5.74, 6) is 1.07. The van der Waals surface area contributed by atoms with Crippen LogP contribution in [0.4, 0.5) is 0 Å². The fraction of sp³-hybridized carbons (Fsp3) is 0.524. The number of aliphatic imine (C=N–C) groups is 1. The summed E-state index contributed by atoms with van der Waals surface area (Å²) in [4.78, 5) is 21.9. The maximum atomic E-state index is 11.9. The molecule has 0 spiro atoms. The third kappa shape index (κ3) is 4.62. The van der Waals surface area contributed by atoms with Gasteiger partial charge in [0.25, 0.3) is 0 Å². The Kier molecular flexibility index (Phi) is 6.37. The number of hydrogen-bond donors (Lipinski definition) is 3. The van der Waals surface area contributed by atoms with Gasteiger partial charge in [0.15, 0.2) is 5.96 Å². The lowest BCUT2D eigenvalue weighted by Gasteiger charge is -2.18. The number of carbonyl (C=O) groups excluding carboxylic acids is 1. The van der Waals surface area contributed by atoms with E-state index in [1.54, 1.807) is 0 Å². The molecule has 1 fully saturated rings. The molecule has 2 aromatic rings. The van der Waals surface area contributed by atoms with Crippen molar-refractivity contribution in [2.45, 2.75) is 46.1 Å². The van der Waals surface area contributed by atoms with Crippen LogP contribution in [0.5, 0.6) is 0 Å². The molecule has 1 aromatic heterocycles. The predicted molar refractivity (Wildman–Crippen MR) is 111 cm³/mol. The number of likely N-dealkylation sites (tertiary alicyclic amines) is 1. The molecule has 0 saturated carbocycles. The van der Waals surface area contributed by atoms with Crippen LogP contribution < -0.4 is 10.6 Å². The molecule has 6 nitrogen and oxygen atoms in total. The second kappa shape index (κ2) is 8.93. The Morgan fingerprint density at radius 2 is 2.22 bits per heavy atom. The van der Waals surface area contributed by atoms with Crippen LogP contribution in [0.2, 0.25) is 0 Å². The van der Waals surface area contributed by atoms with Crippen LogP contribution in [0.1, 0.15) is 37.8 Å². The quantitative estimate of drug-likeness (QED) is 0.541. The third-order valence-electron chi connectivity index (χ3n) is 5.19. The molecule has 146 valence electrons. The van der Waals surface area contributed by atoms with Crippen molar-refractivity contribution in [3.63, 3.8) is 0 Å². The van der Waals surface area contributed by atoms with Crippen molar-refractivity contribution in [1.29, 1.82) is 0 Å². The number of rotatable bonds is 6. The van der Waals surface area contributed by atoms with Crippen LogP contribution in [0.25, 0.3) is 10.9 Å². The van der Waals surface area contributed by atoms with E-state index in [1.807, 2.05) is 11.8 Å². The number of fused-ring (bicyclic) bond motifs is 1. The first-order valence-corrected chi connectivity index (χ1v) is 10.0. The number of aromatic nitrogens is 1. The average Bonchev–Trinajstić information content (AvgIpc) is 3.29. The highest BCUT2D eigenvalue weighted by Gasteiger charge is 2.25. The largest absolute Gasteiger partial charge is 0.361 e. The summed E-state index contributed by atoms with van der Waals surface area (Å²) in [5, 5.41) is 8.10. The van der Waals surface area contributed by atoms with Crippen molar-refractivity contribution in [2.24, 2.45) is 4.99 Å². The van der Waals surface area contributed by atoms with E-state index < -0.39 is 0 Å². The summed E-state index contributed by atoms with van der Waals surface area (Å²) >= 11 is 0. The minimum Gasteiger partial charge on any atom is -0.361 e. The standard InChI is InChI=1S/C21H31N5O/c1-4-19(27)26-12-10-17(14-26)25-21(22-5-2)23-11-9-16-13-24-20-15(3)7-6-8-18(16)20/h6-8,13,17,24H,4-5,9-12,14H2,1-3H3,(H2,22,23,25). The number of para-hydroxylation sites is 1. The molecule has 1 aliphatic rings. The molecule has 1 amide bonds. The van der Waals surface area contributed by atoms with Gasteiger partial charge in [-0.2, -0.15) is 0 Å². The maximum Gasteiger partial charge on any atom is 0.222 e. The van der Waals surface area contributed by atoms with E-state index in [0.29, 0.717) is 6.42 Å².